The van der Waals surface area contributed by atoms with Crippen LogP contribution in [0.2, 0.25) is 0 Å². The van der Waals surface area contributed by atoms with E-state index in [-0.39, 0.29) is 11.9 Å². The molecule has 0 aliphatic rings. The van der Waals surface area contributed by atoms with Crippen LogP contribution in [0.4, 0.5) is 0 Å². The van der Waals surface area contributed by atoms with Gasteiger partial charge in [0.1, 0.15) is 5.82 Å². The summed E-state index contributed by atoms with van der Waals surface area (Å²) in [5.74, 6) is 0.393. The summed E-state index contributed by atoms with van der Waals surface area (Å²) in [5.41, 5.74) is 4.82. The molecule has 6 nitrogen and oxygen atoms in total. The summed E-state index contributed by atoms with van der Waals surface area (Å²) in [4.78, 5) is 21.4. The number of nitrogens with zero attached hydrogens (tertiary/aromatic N) is 3. The molecule has 2 aromatic carbocycles. The third-order valence-corrected chi connectivity index (χ3v) is 5.24. The Labute approximate surface area is 182 Å². The maximum atomic E-state index is 13.1. The van der Waals surface area contributed by atoms with E-state index >= 15 is 0 Å². The van der Waals surface area contributed by atoms with Gasteiger partial charge in [-0.3, -0.25) is 4.79 Å². The molecule has 2 N–H and O–H groups in total. The first kappa shape index (κ1) is 22.1. The lowest BCUT2D eigenvalue weighted by molar-refractivity contribution is 0.0939. The summed E-state index contributed by atoms with van der Waals surface area (Å²) in [7, 11) is 0. The number of amides is 1. The maximum absolute atomic E-state index is 13.1. The first-order chi connectivity index (χ1) is 14.8. The van der Waals surface area contributed by atoms with E-state index in [1.807, 2.05) is 45.0 Å². The molecule has 6 heteroatoms. The van der Waals surface area contributed by atoms with Crippen LogP contribution in [0.3, 0.4) is 0 Å². The molecule has 3 rings (SSSR count). The van der Waals surface area contributed by atoms with Gasteiger partial charge in [-0.1, -0.05) is 19.1 Å². The van der Waals surface area contributed by atoms with Gasteiger partial charge in [-0.2, -0.15) is 5.26 Å². The third kappa shape index (κ3) is 5.14. The molecule has 31 heavy (non-hydrogen) atoms. The van der Waals surface area contributed by atoms with Crippen LogP contribution in [0.5, 0.6) is 0 Å². The Kier molecular flexibility index (Phi) is 6.78. The fourth-order valence-electron chi connectivity index (χ4n) is 3.36. The van der Waals surface area contributed by atoms with Crippen molar-refractivity contribution in [2.24, 2.45) is 0 Å². The summed E-state index contributed by atoms with van der Waals surface area (Å²) in [5, 5.41) is 23.0. The van der Waals surface area contributed by atoms with Gasteiger partial charge in [0, 0.05) is 23.5 Å². The number of benzene rings is 2. The molecule has 1 aromatic heterocycles. The molecule has 1 heterocycles. The van der Waals surface area contributed by atoms with E-state index < -0.39 is 6.10 Å². The standard InChI is InChI=1S/C25H26N4O2/c1-5-24(30)19-9-18(23-7-6-15(2)8-21(23)12-26)10-20(11-19)25(31)29-16(3)22-13-27-17(4)28-14-22/h6-11,13-14,16,24,30H,5H2,1-4H3,(H,29,31)/t16-,24?/m1/s1. The molecule has 0 saturated carbocycles. The Hall–Kier alpha value is -3.56. The van der Waals surface area contributed by atoms with Gasteiger partial charge in [0.2, 0.25) is 0 Å². The minimum absolute atomic E-state index is 0.273. The number of aromatic nitrogens is 2. The number of carbonyl (C=O) groups excluding carboxylic acids is 1. The van der Waals surface area contributed by atoms with E-state index in [9.17, 15) is 15.2 Å². The second kappa shape index (κ2) is 9.50. The Balaban J connectivity index is 2.00. The lowest BCUT2D eigenvalue weighted by Gasteiger charge is -2.17. The van der Waals surface area contributed by atoms with Crippen molar-refractivity contribution in [1.29, 1.82) is 5.26 Å². The van der Waals surface area contributed by atoms with Gasteiger partial charge in [-0.25, -0.2) is 9.97 Å². The second-order valence-corrected chi connectivity index (χ2v) is 7.69. The minimum Gasteiger partial charge on any atom is -0.388 e. The van der Waals surface area contributed by atoms with E-state index in [1.54, 1.807) is 31.5 Å². The summed E-state index contributed by atoms with van der Waals surface area (Å²) in [6.07, 6.45) is 3.20. The van der Waals surface area contributed by atoms with Crippen molar-refractivity contribution < 1.29 is 9.90 Å². The van der Waals surface area contributed by atoms with Crippen LogP contribution in [0.15, 0.2) is 48.8 Å². The summed E-state index contributed by atoms with van der Waals surface area (Å²) >= 11 is 0. The quantitative estimate of drug-likeness (QED) is 0.616. The molecule has 2 atom stereocenters. The van der Waals surface area contributed by atoms with Crippen LogP contribution in [-0.4, -0.2) is 21.0 Å². The molecular formula is C25H26N4O2. The van der Waals surface area contributed by atoms with Gasteiger partial charge >= 0.3 is 0 Å². The monoisotopic (exact) mass is 414 g/mol. The average molecular weight is 415 g/mol. The fourth-order valence-corrected chi connectivity index (χ4v) is 3.36. The van der Waals surface area contributed by atoms with E-state index in [0.717, 1.165) is 22.3 Å². The number of aryl methyl sites for hydroxylation is 2. The van der Waals surface area contributed by atoms with E-state index in [2.05, 4.69) is 21.4 Å². The van der Waals surface area contributed by atoms with Crippen molar-refractivity contribution >= 4 is 5.91 Å². The van der Waals surface area contributed by atoms with Crippen molar-refractivity contribution in [2.45, 2.75) is 46.3 Å². The van der Waals surface area contributed by atoms with Crippen molar-refractivity contribution in [1.82, 2.24) is 15.3 Å². The zero-order valence-corrected chi connectivity index (χ0v) is 18.2. The highest BCUT2D eigenvalue weighted by molar-refractivity contribution is 5.96. The van der Waals surface area contributed by atoms with E-state index in [4.69, 9.17) is 0 Å². The Bertz CT molecular complexity index is 1130. The number of aliphatic hydroxyl groups is 1. The molecule has 3 aromatic rings. The molecule has 158 valence electrons. The number of hydrogen-bond donors (Lipinski definition) is 2. The van der Waals surface area contributed by atoms with E-state index in [1.165, 1.54) is 0 Å². The molecule has 0 bridgehead atoms. The van der Waals surface area contributed by atoms with Gasteiger partial charge in [-0.15, -0.1) is 0 Å². The number of rotatable bonds is 6. The van der Waals surface area contributed by atoms with Crippen molar-refractivity contribution in [3.05, 3.63) is 82.4 Å². The zero-order chi connectivity index (χ0) is 22.5. The number of hydrogen-bond acceptors (Lipinski definition) is 5. The van der Waals surface area contributed by atoms with Crippen LogP contribution < -0.4 is 5.32 Å². The predicted molar refractivity (Wildman–Crippen MR) is 119 cm³/mol. The normalized spacial score (nSPS) is 12.6. The first-order valence-electron chi connectivity index (χ1n) is 10.3. The van der Waals surface area contributed by atoms with Crippen LogP contribution >= 0.6 is 0 Å². The maximum Gasteiger partial charge on any atom is 0.251 e. The SMILES string of the molecule is CCC(O)c1cc(C(=O)N[C@H](C)c2cnc(C)nc2)cc(-c2ccc(C)cc2C#N)c1. The molecule has 0 radical (unpaired) electrons. The number of nitriles is 1. The summed E-state index contributed by atoms with van der Waals surface area (Å²) in [6.45, 7) is 7.48. The molecular weight excluding hydrogens is 388 g/mol. The van der Waals surface area contributed by atoms with Crippen LogP contribution in [0.1, 0.15) is 70.9 Å². The Morgan fingerprint density at radius 3 is 2.48 bits per heavy atom. The van der Waals surface area contributed by atoms with Crippen LogP contribution in [0, 0.1) is 25.2 Å². The van der Waals surface area contributed by atoms with Gasteiger partial charge in [0.05, 0.1) is 23.8 Å². The van der Waals surface area contributed by atoms with E-state index in [0.29, 0.717) is 28.9 Å². The molecule has 0 saturated heterocycles. The smallest absolute Gasteiger partial charge is 0.251 e. The average Bonchev–Trinajstić information content (AvgIpc) is 2.78. The molecule has 0 spiro atoms. The van der Waals surface area contributed by atoms with Crippen molar-refractivity contribution in [3.63, 3.8) is 0 Å². The lowest BCUT2D eigenvalue weighted by Crippen LogP contribution is -2.27. The number of aliphatic hydroxyl groups excluding tert-OH is 1. The Morgan fingerprint density at radius 2 is 1.84 bits per heavy atom. The second-order valence-electron chi connectivity index (χ2n) is 7.69. The summed E-state index contributed by atoms with van der Waals surface area (Å²) in [6, 6.07) is 12.9. The van der Waals surface area contributed by atoms with Gasteiger partial charge in [0.25, 0.3) is 5.91 Å². The van der Waals surface area contributed by atoms with Crippen molar-refractivity contribution in [3.8, 4) is 17.2 Å². The molecule has 1 unspecified atom stereocenters. The van der Waals surface area contributed by atoms with Gasteiger partial charge in [-0.05, 0) is 73.7 Å². The first-order valence-corrected chi connectivity index (χ1v) is 10.3. The molecule has 1 amide bonds. The largest absolute Gasteiger partial charge is 0.388 e. The number of carbonyl (C=O) groups is 1. The molecule has 0 aliphatic carbocycles. The minimum atomic E-state index is -0.703. The fraction of sp³-hybridized carbons (Fsp3) is 0.280. The van der Waals surface area contributed by atoms with Gasteiger partial charge in [0.15, 0.2) is 0 Å². The number of nitrogens with one attached hydrogen (secondary N) is 1. The van der Waals surface area contributed by atoms with Gasteiger partial charge < -0.3 is 10.4 Å². The van der Waals surface area contributed by atoms with Crippen LogP contribution in [0.25, 0.3) is 11.1 Å². The topological polar surface area (TPSA) is 98.9 Å². The highest BCUT2D eigenvalue weighted by Gasteiger charge is 2.17. The highest BCUT2D eigenvalue weighted by Crippen LogP contribution is 2.30. The Morgan fingerprint density at radius 1 is 1.13 bits per heavy atom. The highest BCUT2D eigenvalue weighted by atomic mass is 16.3. The van der Waals surface area contributed by atoms with Crippen LogP contribution in [-0.2, 0) is 0 Å². The predicted octanol–water partition coefficient (Wildman–Crippen LogP) is 4.57. The molecule has 0 aliphatic heterocycles. The third-order valence-electron chi connectivity index (χ3n) is 5.24. The summed E-state index contributed by atoms with van der Waals surface area (Å²) < 4.78 is 0. The lowest BCUT2D eigenvalue weighted by atomic mass is 9.93. The zero-order valence-electron chi connectivity index (χ0n) is 18.2. The van der Waals surface area contributed by atoms with Crippen molar-refractivity contribution in [2.75, 3.05) is 0 Å². The molecule has 0 fully saturated rings.